The van der Waals surface area contributed by atoms with Gasteiger partial charge in [0.1, 0.15) is 0 Å². The van der Waals surface area contributed by atoms with E-state index in [9.17, 15) is 13.2 Å². The van der Waals surface area contributed by atoms with Crippen molar-refractivity contribution in [3.63, 3.8) is 0 Å². The lowest BCUT2D eigenvalue weighted by atomic mass is 10.4. The van der Waals surface area contributed by atoms with Crippen LogP contribution in [0.5, 0.6) is 0 Å². The summed E-state index contributed by atoms with van der Waals surface area (Å²) < 4.78 is 29.2. The molecule has 0 saturated carbocycles. The molecule has 0 saturated heterocycles. The summed E-state index contributed by atoms with van der Waals surface area (Å²) >= 11 is 0. The zero-order chi connectivity index (χ0) is 11.9. The first-order valence-corrected chi connectivity index (χ1v) is 5.62. The first kappa shape index (κ1) is 13.6. The summed E-state index contributed by atoms with van der Waals surface area (Å²) in [5.74, 6) is -0.245. The Labute approximate surface area is 88.7 Å². The Bertz CT molecular complexity index is 399. The van der Waals surface area contributed by atoms with E-state index in [2.05, 4.69) is 5.73 Å². The number of benzene rings is 1. The predicted octanol–water partition coefficient (Wildman–Crippen LogP) is 0.815. The molecule has 1 rings (SSSR count). The molecule has 6 heteroatoms. The third kappa shape index (κ3) is 6.64. The molecule has 0 radical (unpaired) electrons. The molecule has 0 aliphatic carbocycles. The van der Waals surface area contributed by atoms with Crippen LogP contribution in [0.25, 0.3) is 0 Å². The minimum absolute atomic E-state index is 0.0741. The fourth-order valence-electron chi connectivity index (χ4n) is 0.592. The third-order valence-electron chi connectivity index (χ3n) is 1.39. The molecular weight excluding hydrogens is 218 g/mol. The Morgan fingerprint density at radius 2 is 1.73 bits per heavy atom. The maximum Gasteiger partial charge on any atom is 0.294 e. The zero-order valence-electron chi connectivity index (χ0n) is 8.25. The minimum atomic E-state index is -4.00. The fraction of sp³-hybridized carbons (Fsp3) is 0.222. The van der Waals surface area contributed by atoms with E-state index in [0.29, 0.717) is 6.42 Å². The molecule has 1 aromatic carbocycles. The van der Waals surface area contributed by atoms with Gasteiger partial charge in [0, 0.05) is 6.42 Å². The average Bonchev–Trinajstić information content (AvgIpc) is 2.19. The Balaban J connectivity index is 0.000000336. The maximum atomic E-state index is 10.4. The second-order valence-electron chi connectivity index (χ2n) is 2.61. The van der Waals surface area contributed by atoms with Crippen molar-refractivity contribution in [3.05, 3.63) is 30.3 Å². The van der Waals surface area contributed by atoms with Gasteiger partial charge in [-0.25, -0.2) is 0 Å². The number of hydrogen-bond acceptors (Lipinski definition) is 3. The molecule has 0 aliphatic heterocycles. The van der Waals surface area contributed by atoms with Crippen molar-refractivity contribution in [1.29, 1.82) is 0 Å². The number of rotatable bonds is 2. The highest BCUT2D eigenvalue weighted by Crippen LogP contribution is 2.05. The van der Waals surface area contributed by atoms with E-state index in [4.69, 9.17) is 4.55 Å². The lowest BCUT2D eigenvalue weighted by Gasteiger charge is -1.92. The quantitative estimate of drug-likeness (QED) is 0.736. The van der Waals surface area contributed by atoms with Crippen molar-refractivity contribution in [2.75, 3.05) is 0 Å². The molecule has 1 amide bonds. The molecule has 0 heterocycles. The number of carbonyl (C=O) groups excluding carboxylic acids is 1. The maximum absolute atomic E-state index is 10.4. The topological polar surface area (TPSA) is 97.5 Å². The molecule has 0 aromatic heterocycles. The van der Waals surface area contributed by atoms with Crippen LogP contribution in [0.3, 0.4) is 0 Å². The molecule has 3 N–H and O–H groups in total. The van der Waals surface area contributed by atoms with Crippen molar-refractivity contribution in [1.82, 2.24) is 0 Å². The zero-order valence-corrected chi connectivity index (χ0v) is 9.07. The van der Waals surface area contributed by atoms with Crippen molar-refractivity contribution >= 4 is 16.0 Å². The van der Waals surface area contributed by atoms with Gasteiger partial charge >= 0.3 is 0 Å². The smallest absolute Gasteiger partial charge is 0.294 e. The lowest BCUT2D eigenvalue weighted by Crippen LogP contribution is -2.06. The van der Waals surface area contributed by atoms with E-state index in [1.165, 1.54) is 12.1 Å². The van der Waals surface area contributed by atoms with Gasteiger partial charge in [-0.2, -0.15) is 8.42 Å². The Hall–Kier alpha value is -1.40. The summed E-state index contributed by atoms with van der Waals surface area (Å²) in [5, 5.41) is 0. The molecule has 0 aliphatic rings. The highest BCUT2D eigenvalue weighted by Gasteiger charge is 2.05. The highest BCUT2D eigenvalue weighted by atomic mass is 32.2. The van der Waals surface area contributed by atoms with Gasteiger partial charge in [0.25, 0.3) is 10.1 Å². The largest absolute Gasteiger partial charge is 0.370 e. The molecule has 0 fully saturated rings. The number of carbonyl (C=O) groups is 1. The van der Waals surface area contributed by atoms with Crippen molar-refractivity contribution in [2.24, 2.45) is 5.73 Å². The summed E-state index contributed by atoms with van der Waals surface area (Å²) in [5.41, 5.74) is 4.65. The van der Waals surface area contributed by atoms with Crippen LogP contribution in [-0.4, -0.2) is 18.9 Å². The van der Waals surface area contributed by atoms with Gasteiger partial charge in [0.2, 0.25) is 5.91 Å². The fourth-order valence-corrected chi connectivity index (χ4v) is 1.09. The van der Waals surface area contributed by atoms with E-state index in [1.807, 2.05) is 0 Å². The number of primary amides is 1. The van der Waals surface area contributed by atoms with Gasteiger partial charge in [-0.15, -0.1) is 0 Å². The van der Waals surface area contributed by atoms with Crippen LogP contribution in [0.4, 0.5) is 0 Å². The van der Waals surface area contributed by atoms with Crippen LogP contribution in [-0.2, 0) is 14.9 Å². The molecule has 0 atom stereocenters. The van der Waals surface area contributed by atoms with Crippen LogP contribution >= 0.6 is 0 Å². The van der Waals surface area contributed by atoms with E-state index in [0.717, 1.165) is 0 Å². The molecule has 84 valence electrons. The molecule has 0 spiro atoms. The van der Waals surface area contributed by atoms with Gasteiger partial charge in [-0.3, -0.25) is 9.35 Å². The highest BCUT2D eigenvalue weighted by molar-refractivity contribution is 7.85. The first-order chi connectivity index (χ1) is 6.88. The third-order valence-corrected chi connectivity index (χ3v) is 2.26. The summed E-state index contributed by atoms with van der Waals surface area (Å²) in [4.78, 5) is 9.52. The van der Waals surface area contributed by atoms with Crippen LogP contribution in [0.15, 0.2) is 35.2 Å². The van der Waals surface area contributed by atoms with E-state index in [-0.39, 0.29) is 10.8 Å². The van der Waals surface area contributed by atoms with Crippen molar-refractivity contribution < 1.29 is 17.8 Å². The normalized spacial score (nSPS) is 10.0. The summed E-state index contributed by atoms with van der Waals surface area (Å²) in [6, 6.07) is 7.42. The molecule has 1 aromatic rings. The van der Waals surface area contributed by atoms with Crippen molar-refractivity contribution in [3.8, 4) is 0 Å². The van der Waals surface area contributed by atoms with Crippen molar-refractivity contribution in [2.45, 2.75) is 18.2 Å². The van der Waals surface area contributed by atoms with E-state index < -0.39 is 10.1 Å². The second-order valence-corrected chi connectivity index (χ2v) is 4.03. The van der Waals surface area contributed by atoms with E-state index in [1.54, 1.807) is 25.1 Å². The molecule has 0 unspecified atom stereocenters. The molecular formula is C9H13NO4S. The predicted molar refractivity (Wildman–Crippen MR) is 55.7 cm³/mol. The summed E-state index contributed by atoms with van der Waals surface area (Å²) in [6.45, 7) is 1.72. The van der Waals surface area contributed by atoms with Gasteiger partial charge in [0.15, 0.2) is 0 Å². The minimum Gasteiger partial charge on any atom is -0.370 e. The Morgan fingerprint density at radius 1 is 1.33 bits per heavy atom. The van der Waals surface area contributed by atoms with Gasteiger partial charge in [0.05, 0.1) is 4.90 Å². The summed E-state index contributed by atoms with van der Waals surface area (Å²) in [7, 11) is -4.00. The molecule has 15 heavy (non-hydrogen) atoms. The van der Waals surface area contributed by atoms with Crippen LogP contribution in [0.1, 0.15) is 13.3 Å². The number of nitrogens with two attached hydrogens (primary N) is 1. The van der Waals surface area contributed by atoms with Gasteiger partial charge in [-0.1, -0.05) is 25.1 Å². The average molecular weight is 231 g/mol. The van der Waals surface area contributed by atoms with E-state index >= 15 is 0 Å². The van der Waals surface area contributed by atoms with Gasteiger partial charge < -0.3 is 5.73 Å². The van der Waals surface area contributed by atoms with Crippen LogP contribution in [0, 0.1) is 0 Å². The monoisotopic (exact) mass is 231 g/mol. The SMILES string of the molecule is CCC(N)=O.O=S(=O)(O)c1ccccc1. The second kappa shape index (κ2) is 6.15. The van der Waals surface area contributed by atoms with Crippen LogP contribution < -0.4 is 5.73 Å². The lowest BCUT2D eigenvalue weighted by molar-refractivity contribution is -0.117. The summed E-state index contributed by atoms with van der Waals surface area (Å²) in [6.07, 6.45) is 0.444. The molecule has 5 nitrogen and oxygen atoms in total. The Kier molecular flexibility index (Phi) is 5.58. The molecule has 0 bridgehead atoms. The van der Waals surface area contributed by atoms with Crippen LogP contribution in [0.2, 0.25) is 0 Å². The number of amides is 1. The number of hydrogen-bond donors (Lipinski definition) is 2. The first-order valence-electron chi connectivity index (χ1n) is 4.18. The van der Waals surface area contributed by atoms with Gasteiger partial charge in [-0.05, 0) is 12.1 Å². The Morgan fingerprint density at radius 3 is 1.93 bits per heavy atom. The standard InChI is InChI=1S/C6H6O3S.C3H7NO/c7-10(8,9)6-4-2-1-3-5-6;1-2-3(4)5/h1-5H,(H,7,8,9);2H2,1H3,(H2,4,5).